The molecule has 0 aromatic carbocycles. The van der Waals surface area contributed by atoms with Gasteiger partial charge in [0.1, 0.15) is 6.10 Å². The van der Waals surface area contributed by atoms with Crippen LogP contribution in [-0.4, -0.2) is 24.3 Å². The van der Waals surface area contributed by atoms with Gasteiger partial charge in [0.2, 0.25) is 0 Å². The van der Waals surface area contributed by atoms with Crippen LogP contribution >= 0.6 is 0 Å². The van der Waals surface area contributed by atoms with E-state index in [-0.39, 0.29) is 17.7 Å². The molecule has 0 heterocycles. The monoisotopic (exact) mass is 200 g/mol. The number of hydrogen-bond donors (Lipinski definition) is 0. The highest BCUT2D eigenvalue weighted by Gasteiger charge is 2.15. The molecule has 0 rings (SSSR count). The van der Waals surface area contributed by atoms with E-state index in [4.69, 9.17) is 9.47 Å². The fraction of sp³-hybridized carbons (Fsp3) is 0.727. The van der Waals surface area contributed by atoms with Gasteiger partial charge in [-0.3, -0.25) is 0 Å². The van der Waals surface area contributed by atoms with E-state index in [1.807, 2.05) is 20.8 Å². The summed E-state index contributed by atoms with van der Waals surface area (Å²) < 4.78 is 10.5. The molecule has 0 amide bonds. The van der Waals surface area contributed by atoms with E-state index < -0.39 is 0 Å². The van der Waals surface area contributed by atoms with Crippen molar-refractivity contribution in [3.8, 4) is 0 Å². The molecule has 0 saturated heterocycles. The Bertz CT molecular complexity index is 213. The third-order valence-corrected chi connectivity index (χ3v) is 1.41. The molecule has 0 bridgehead atoms. The van der Waals surface area contributed by atoms with Crippen LogP contribution < -0.4 is 0 Å². The second-order valence-electron chi connectivity index (χ2n) is 4.42. The van der Waals surface area contributed by atoms with Crippen LogP contribution in [-0.2, 0) is 14.3 Å². The van der Waals surface area contributed by atoms with Crippen LogP contribution in [0.1, 0.15) is 34.6 Å². The van der Waals surface area contributed by atoms with Crippen LogP contribution in [0.15, 0.2) is 12.2 Å². The van der Waals surface area contributed by atoms with Crippen molar-refractivity contribution in [1.29, 1.82) is 0 Å². The largest absolute Gasteiger partial charge is 0.457 e. The second-order valence-corrected chi connectivity index (χ2v) is 4.42. The predicted octanol–water partition coefficient (Wildman–Crippen LogP) is 2.31. The van der Waals surface area contributed by atoms with Gasteiger partial charge in [0.15, 0.2) is 0 Å². The van der Waals surface area contributed by atoms with Crippen molar-refractivity contribution in [1.82, 2.24) is 0 Å². The van der Waals surface area contributed by atoms with E-state index in [9.17, 15) is 4.79 Å². The third-order valence-electron chi connectivity index (χ3n) is 1.41. The summed E-state index contributed by atoms with van der Waals surface area (Å²) in [5.41, 5.74) is 0.205. The van der Waals surface area contributed by atoms with Gasteiger partial charge in [-0.05, 0) is 34.6 Å². The molecule has 0 aromatic heterocycles. The topological polar surface area (TPSA) is 35.5 Å². The minimum Gasteiger partial charge on any atom is -0.457 e. The van der Waals surface area contributed by atoms with Gasteiger partial charge in [-0.1, -0.05) is 6.58 Å². The first-order valence-corrected chi connectivity index (χ1v) is 4.73. The van der Waals surface area contributed by atoms with E-state index in [1.165, 1.54) is 0 Å². The molecule has 1 unspecified atom stereocenters. The smallest absolute Gasteiger partial charge is 0.333 e. The van der Waals surface area contributed by atoms with E-state index in [0.717, 1.165) is 0 Å². The SMILES string of the molecule is C=C(C)C(=O)OC(C)COC(C)(C)C. The van der Waals surface area contributed by atoms with Gasteiger partial charge in [-0.15, -0.1) is 0 Å². The summed E-state index contributed by atoms with van der Waals surface area (Å²) in [6.45, 7) is 13.2. The van der Waals surface area contributed by atoms with Crippen LogP contribution in [0.2, 0.25) is 0 Å². The molecule has 1 atom stereocenters. The lowest BCUT2D eigenvalue weighted by molar-refractivity contribution is -0.149. The Morgan fingerprint density at radius 3 is 2.29 bits per heavy atom. The Morgan fingerprint density at radius 1 is 1.43 bits per heavy atom. The van der Waals surface area contributed by atoms with Gasteiger partial charge in [-0.2, -0.15) is 0 Å². The van der Waals surface area contributed by atoms with Gasteiger partial charge in [0.05, 0.1) is 12.2 Å². The van der Waals surface area contributed by atoms with Gasteiger partial charge in [0, 0.05) is 5.57 Å². The molecule has 0 radical (unpaired) electrons. The molecule has 82 valence electrons. The summed E-state index contributed by atoms with van der Waals surface area (Å²) in [4.78, 5) is 11.1. The lowest BCUT2D eigenvalue weighted by Gasteiger charge is -2.22. The van der Waals surface area contributed by atoms with Crippen molar-refractivity contribution in [3.05, 3.63) is 12.2 Å². The molecule has 0 aliphatic rings. The summed E-state index contributed by atoms with van der Waals surface area (Å²) in [5, 5.41) is 0. The van der Waals surface area contributed by atoms with Crippen molar-refractivity contribution in [2.75, 3.05) is 6.61 Å². The molecule has 0 spiro atoms. The third kappa shape index (κ3) is 6.66. The normalized spacial score (nSPS) is 13.5. The van der Waals surface area contributed by atoms with Crippen LogP contribution in [0.5, 0.6) is 0 Å². The van der Waals surface area contributed by atoms with E-state index in [2.05, 4.69) is 6.58 Å². The van der Waals surface area contributed by atoms with Crippen molar-refractivity contribution >= 4 is 5.97 Å². The first kappa shape index (κ1) is 13.2. The highest BCUT2D eigenvalue weighted by molar-refractivity contribution is 5.87. The Morgan fingerprint density at radius 2 is 1.93 bits per heavy atom. The predicted molar refractivity (Wildman–Crippen MR) is 56.1 cm³/mol. The molecule has 3 heteroatoms. The number of carbonyl (C=O) groups is 1. The van der Waals surface area contributed by atoms with Crippen molar-refractivity contribution in [3.63, 3.8) is 0 Å². The molecule has 14 heavy (non-hydrogen) atoms. The molecular formula is C11H20O3. The standard InChI is InChI=1S/C11H20O3/c1-8(2)10(12)14-9(3)7-13-11(4,5)6/h9H,1,7H2,2-6H3. The molecule has 0 aliphatic heterocycles. The second kappa shape index (κ2) is 5.15. The Balaban J connectivity index is 3.82. The molecule has 0 fully saturated rings. The Kier molecular flexibility index (Phi) is 4.85. The van der Waals surface area contributed by atoms with Crippen LogP contribution in [0.4, 0.5) is 0 Å². The van der Waals surface area contributed by atoms with Crippen LogP contribution in [0.25, 0.3) is 0 Å². The van der Waals surface area contributed by atoms with Gasteiger partial charge >= 0.3 is 5.97 Å². The molecular weight excluding hydrogens is 180 g/mol. The Hall–Kier alpha value is -0.830. The number of esters is 1. The maximum atomic E-state index is 11.1. The minimum absolute atomic E-state index is 0.204. The number of hydrogen-bond acceptors (Lipinski definition) is 3. The number of ether oxygens (including phenoxy) is 2. The molecule has 0 saturated carbocycles. The summed E-state index contributed by atoms with van der Waals surface area (Å²) in [6, 6.07) is 0. The number of rotatable bonds is 4. The van der Waals surface area contributed by atoms with E-state index >= 15 is 0 Å². The van der Waals surface area contributed by atoms with Crippen molar-refractivity contribution in [2.45, 2.75) is 46.3 Å². The highest BCUT2D eigenvalue weighted by atomic mass is 16.6. The maximum Gasteiger partial charge on any atom is 0.333 e. The number of carbonyl (C=O) groups excluding carboxylic acids is 1. The van der Waals surface area contributed by atoms with Gasteiger partial charge in [-0.25, -0.2) is 4.79 Å². The zero-order valence-corrected chi connectivity index (χ0v) is 9.72. The van der Waals surface area contributed by atoms with Gasteiger partial charge < -0.3 is 9.47 Å². The average Bonchev–Trinajstić information content (AvgIpc) is 1.99. The average molecular weight is 200 g/mol. The summed E-state index contributed by atoms with van der Waals surface area (Å²) >= 11 is 0. The van der Waals surface area contributed by atoms with E-state index in [0.29, 0.717) is 12.2 Å². The summed E-state index contributed by atoms with van der Waals surface area (Å²) in [5.74, 6) is -0.366. The molecule has 0 N–H and O–H groups in total. The zero-order chi connectivity index (χ0) is 11.4. The fourth-order valence-corrected chi connectivity index (χ4v) is 0.685. The summed E-state index contributed by atoms with van der Waals surface area (Å²) in [6.07, 6.45) is -0.238. The van der Waals surface area contributed by atoms with Gasteiger partial charge in [0.25, 0.3) is 0 Å². The maximum absolute atomic E-state index is 11.1. The molecule has 3 nitrogen and oxygen atoms in total. The van der Waals surface area contributed by atoms with Crippen LogP contribution in [0.3, 0.4) is 0 Å². The first-order chi connectivity index (χ1) is 6.22. The van der Waals surface area contributed by atoms with Crippen molar-refractivity contribution < 1.29 is 14.3 Å². The van der Waals surface area contributed by atoms with E-state index in [1.54, 1.807) is 13.8 Å². The lowest BCUT2D eigenvalue weighted by atomic mass is 10.2. The fourth-order valence-electron chi connectivity index (χ4n) is 0.685. The molecule has 0 aliphatic carbocycles. The molecule has 0 aromatic rings. The lowest BCUT2D eigenvalue weighted by Crippen LogP contribution is -2.27. The Labute approximate surface area is 86.1 Å². The summed E-state index contributed by atoms with van der Waals surface area (Å²) in [7, 11) is 0. The zero-order valence-electron chi connectivity index (χ0n) is 9.72. The quantitative estimate of drug-likeness (QED) is 0.516. The van der Waals surface area contributed by atoms with Crippen molar-refractivity contribution in [2.24, 2.45) is 0 Å². The minimum atomic E-state index is -0.366. The first-order valence-electron chi connectivity index (χ1n) is 4.73. The highest BCUT2D eigenvalue weighted by Crippen LogP contribution is 2.08. The van der Waals surface area contributed by atoms with Crippen LogP contribution in [0, 0.1) is 0 Å².